The van der Waals surface area contributed by atoms with E-state index in [-0.39, 0.29) is 0 Å². The summed E-state index contributed by atoms with van der Waals surface area (Å²) < 4.78 is 60.3. The Morgan fingerprint density at radius 2 is 0.750 bits per heavy atom. The van der Waals surface area contributed by atoms with Gasteiger partial charge in [0.05, 0.1) is 120 Å². The van der Waals surface area contributed by atoms with Gasteiger partial charge in [-0.25, -0.2) is 0 Å². The first kappa shape index (κ1) is 37.8. The molecule has 3 aliphatic rings. The first-order chi connectivity index (χ1) is 23.9. The first-order valence-electron chi connectivity index (χ1n) is 16.1. The molecule has 0 N–H and O–H groups in total. The van der Waals surface area contributed by atoms with Crippen molar-refractivity contribution >= 4 is 57.8 Å². The van der Waals surface area contributed by atoms with E-state index in [0.717, 1.165) is 22.3 Å². The normalized spacial score (nSPS) is 23.3. The van der Waals surface area contributed by atoms with Gasteiger partial charge in [-0.15, -0.1) is 0 Å². The molecule has 0 amide bonds. The predicted octanol–water partition coefficient (Wildman–Crippen LogP) is 6.51. The van der Waals surface area contributed by atoms with Crippen LogP contribution < -0.4 is 9.47 Å². The third-order valence-electron chi connectivity index (χ3n) is 6.73. The molecule has 48 heavy (non-hydrogen) atoms. The van der Waals surface area contributed by atoms with Crippen molar-refractivity contribution in [2.24, 2.45) is 0 Å². The topological polar surface area (TPSA) is 92.3 Å². The van der Waals surface area contributed by atoms with Crippen LogP contribution in [0.1, 0.15) is 0 Å². The van der Waals surface area contributed by atoms with Crippen molar-refractivity contribution in [2.45, 2.75) is 0 Å². The van der Waals surface area contributed by atoms with Crippen LogP contribution >= 0.6 is 47.0 Å². The average molecular weight is 741 g/mol. The molecule has 14 heteroatoms. The molecule has 10 nitrogen and oxygen atoms in total. The fraction of sp³-hybridized carbons (Fsp3) is 0.529. The Kier molecular flexibility index (Phi) is 18.2. The van der Waals surface area contributed by atoms with Gasteiger partial charge in [0.15, 0.2) is 0 Å². The van der Waals surface area contributed by atoms with Crippen molar-refractivity contribution in [1.29, 1.82) is 0 Å². The highest BCUT2D eigenvalue weighted by Crippen LogP contribution is 2.55. The molecule has 3 aliphatic heterocycles. The monoisotopic (exact) mass is 740 g/mol. The van der Waals surface area contributed by atoms with Crippen molar-refractivity contribution in [3.05, 3.63) is 65.5 Å². The second kappa shape index (κ2) is 23.1. The number of hydrogen-bond donors (Lipinski definition) is 0. The van der Waals surface area contributed by atoms with E-state index >= 15 is 0 Å². The lowest BCUT2D eigenvalue weighted by Crippen LogP contribution is -2.14. The Morgan fingerprint density at radius 3 is 1.15 bits per heavy atom. The van der Waals surface area contributed by atoms with Crippen LogP contribution in [0.4, 0.5) is 0 Å². The number of thioether (sulfide) groups is 4. The zero-order chi connectivity index (χ0) is 32.9. The highest BCUT2D eigenvalue weighted by molar-refractivity contribution is 8.33. The molecule has 5 rings (SSSR count). The fourth-order valence-corrected chi connectivity index (χ4v) is 9.28. The Balaban J connectivity index is 1.02. The summed E-state index contributed by atoms with van der Waals surface area (Å²) in [5.74, 6) is 1.51. The third-order valence-corrected chi connectivity index (χ3v) is 12.0. The van der Waals surface area contributed by atoms with Crippen LogP contribution in [0.5, 0.6) is 11.5 Å². The molecule has 0 aromatic heterocycles. The zero-order valence-electron chi connectivity index (χ0n) is 27.1. The quantitative estimate of drug-likeness (QED) is 0.294. The van der Waals surface area contributed by atoms with Crippen molar-refractivity contribution in [3.8, 4) is 11.5 Å². The van der Waals surface area contributed by atoms with E-state index in [1.165, 1.54) is 18.3 Å². The lowest BCUT2D eigenvalue weighted by Gasteiger charge is -2.14. The molecule has 0 unspecified atom stereocenters. The van der Waals surface area contributed by atoms with Gasteiger partial charge in [-0.05, 0) is 28.3 Å². The van der Waals surface area contributed by atoms with Gasteiger partial charge in [0.1, 0.15) is 24.7 Å². The number of hydrogen-bond acceptors (Lipinski definition) is 14. The summed E-state index contributed by atoms with van der Waals surface area (Å²) in [5, 5.41) is 6.32. The van der Waals surface area contributed by atoms with Crippen molar-refractivity contribution in [2.75, 3.05) is 119 Å². The van der Waals surface area contributed by atoms with Crippen molar-refractivity contribution < 1.29 is 47.4 Å². The summed E-state index contributed by atoms with van der Waals surface area (Å²) in [6.45, 7) is 9.08. The van der Waals surface area contributed by atoms with E-state index in [1.54, 1.807) is 47.0 Å². The van der Waals surface area contributed by atoms with E-state index in [2.05, 4.69) is 10.8 Å². The molecule has 2 aromatic rings. The first-order valence-corrected chi connectivity index (χ1v) is 19.5. The fourth-order valence-electron chi connectivity index (χ4n) is 4.48. The summed E-state index contributed by atoms with van der Waals surface area (Å²) in [5.41, 5.74) is 0. The van der Waals surface area contributed by atoms with Crippen LogP contribution in [0.15, 0.2) is 65.5 Å². The van der Waals surface area contributed by atoms with Crippen LogP contribution in [-0.4, -0.2) is 119 Å². The molecule has 0 saturated heterocycles. The van der Waals surface area contributed by atoms with Crippen LogP contribution in [0, 0.1) is 0 Å². The molecular formula is C34H44O10S4. The van der Waals surface area contributed by atoms with Crippen LogP contribution in [0.25, 0.3) is 10.8 Å². The van der Waals surface area contributed by atoms with Gasteiger partial charge >= 0.3 is 0 Å². The van der Waals surface area contributed by atoms with Gasteiger partial charge in [0.2, 0.25) is 0 Å². The number of ether oxygens (including phenoxy) is 10. The van der Waals surface area contributed by atoms with Gasteiger partial charge in [-0.3, -0.25) is 0 Å². The second-order valence-corrected chi connectivity index (χ2v) is 14.8. The van der Waals surface area contributed by atoms with Crippen LogP contribution in [-0.2, 0) is 37.9 Å². The smallest absolute Gasteiger partial charge is 0.130 e. The summed E-state index contributed by atoms with van der Waals surface area (Å²) in [7, 11) is 0. The minimum Gasteiger partial charge on any atom is -0.490 e. The maximum atomic E-state index is 6.07. The molecule has 3 heterocycles. The van der Waals surface area contributed by atoms with Crippen molar-refractivity contribution in [1.82, 2.24) is 0 Å². The van der Waals surface area contributed by atoms with Gasteiger partial charge in [-0.1, -0.05) is 71.3 Å². The van der Waals surface area contributed by atoms with E-state index < -0.39 is 0 Å². The SMILES string of the molecule is C1=C2COCCOCCOCCOCCOc3cccc4cccc(c34)OCCOCCOCCOCCOCC3=CS/C(=C(/S1)S2)S3. The minimum atomic E-state index is 0.418. The lowest BCUT2D eigenvalue weighted by molar-refractivity contribution is -0.00247. The molecule has 0 atom stereocenters. The molecule has 0 aliphatic carbocycles. The molecule has 4 bridgehead atoms. The Bertz CT molecular complexity index is 1240. The number of fused-ring (bicyclic) bond motifs is 4. The molecular weight excluding hydrogens is 697 g/mol. The van der Waals surface area contributed by atoms with Crippen molar-refractivity contribution in [3.63, 3.8) is 0 Å². The van der Waals surface area contributed by atoms with Gasteiger partial charge in [0.25, 0.3) is 0 Å². The Labute approximate surface area is 299 Å². The van der Waals surface area contributed by atoms with Crippen LogP contribution in [0.2, 0.25) is 0 Å². The van der Waals surface area contributed by atoms with E-state index in [1.807, 2.05) is 36.4 Å². The van der Waals surface area contributed by atoms with Gasteiger partial charge in [-0.2, -0.15) is 0 Å². The standard InChI is InChI=1S/C34H44O10S4/c1-3-27-4-2-6-31-32(27)30(5-1)43-21-19-39-13-11-35-7-9-37-15-17-41-23-28-25-45-33(47-28)34-46-26-29(48-34)24-42-18-16-38-10-8-36-12-14-40-20-22-44-31/h1-6,25-26H,7-24H2/b34-33+. The Hall–Kier alpha value is -1.40. The maximum Gasteiger partial charge on any atom is 0.130 e. The van der Waals surface area contributed by atoms with E-state index in [4.69, 9.17) is 47.4 Å². The summed E-state index contributed by atoms with van der Waals surface area (Å²) >= 11 is 7.07. The second-order valence-electron chi connectivity index (χ2n) is 10.3. The molecule has 2 aromatic carbocycles. The maximum absolute atomic E-state index is 6.07. The largest absolute Gasteiger partial charge is 0.490 e. The average Bonchev–Trinajstić information content (AvgIpc) is 3.78. The molecule has 0 saturated carbocycles. The lowest BCUT2D eigenvalue weighted by atomic mass is 10.1. The van der Waals surface area contributed by atoms with Crippen LogP contribution in [0.3, 0.4) is 0 Å². The highest BCUT2D eigenvalue weighted by Gasteiger charge is 2.22. The van der Waals surface area contributed by atoms with E-state index in [0.29, 0.717) is 119 Å². The molecule has 0 radical (unpaired) electrons. The summed E-state index contributed by atoms with van der Waals surface area (Å²) in [6.07, 6.45) is 0. The number of benzene rings is 2. The summed E-state index contributed by atoms with van der Waals surface area (Å²) in [4.78, 5) is 2.43. The Morgan fingerprint density at radius 1 is 0.396 bits per heavy atom. The third kappa shape index (κ3) is 13.7. The highest BCUT2D eigenvalue weighted by atomic mass is 32.2. The number of rotatable bonds is 0. The van der Waals surface area contributed by atoms with E-state index in [9.17, 15) is 0 Å². The minimum absolute atomic E-state index is 0.418. The predicted molar refractivity (Wildman–Crippen MR) is 195 cm³/mol. The van der Waals surface area contributed by atoms with Gasteiger partial charge < -0.3 is 47.4 Å². The molecule has 0 spiro atoms. The summed E-state index contributed by atoms with van der Waals surface area (Å²) in [6, 6.07) is 11.9. The van der Waals surface area contributed by atoms with Gasteiger partial charge in [0, 0.05) is 9.81 Å². The molecule has 264 valence electrons. The molecule has 0 fully saturated rings. The zero-order valence-corrected chi connectivity index (χ0v) is 30.3.